The van der Waals surface area contributed by atoms with Crippen LogP contribution in [0.4, 0.5) is 0 Å². The van der Waals surface area contributed by atoms with Gasteiger partial charge >= 0.3 is 5.97 Å². The number of aliphatic hydroxyl groups is 1. The molecule has 1 aromatic rings. The van der Waals surface area contributed by atoms with Crippen LogP contribution in [0.5, 0.6) is 0 Å². The molecular formula is C18H20O4. The minimum atomic E-state index is -1.06. The van der Waals surface area contributed by atoms with Crippen LogP contribution in [-0.2, 0) is 9.53 Å². The third-order valence-corrected chi connectivity index (χ3v) is 4.96. The molecule has 2 aliphatic rings. The summed E-state index contributed by atoms with van der Waals surface area (Å²) in [6.45, 7) is 3.70. The molecule has 4 heteroatoms. The highest BCUT2D eigenvalue weighted by atomic mass is 16.5. The molecule has 0 aliphatic heterocycles. The molecule has 2 saturated carbocycles. The average molecular weight is 300 g/mol. The number of ether oxygens (including phenoxy) is 1. The van der Waals surface area contributed by atoms with Gasteiger partial charge in [-0.25, -0.2) is 4.79 Å². The quantitative estimate of drug-likeness (QED) is 0.685. The van der Waals surface area contributed by atoms with Crippen molar-refractivity contribution in [1.29, 1.82) is 0 Å². The number of hydrogen-bond acceptors (Lipinski definition) is 4. The maximum Gasteiger partial charge on any atom is 0.338 e. The topological polar surface area (TPSA) is 63.6 Å². The summed E-state index contributed by atoms with van der Waals surface area (Å²) < 4.78 is 5.48. The molecule has 0 aromatic heterocycles. The molecule has 2 aliphatic carbocycles. The fourth-order valence-electron chi connectivity index (χ4n) is 3.52. The molecule has 1 N–H and O–H groups in total. The Morgan fingerprint density at radius 2 is 2.05 bits per heavy atom. The number of carbonyl (C=O) groups is 2. The van der Waals surface area contributed by atoms with E-state index in [1.807, 2.05) is 6.07 Å². The average Bonchev–Trinajstić information content (AvgIpc) is 2.51. The predicted molar refractivity (Wildman–Crippen MR) is 81.2 cm³/mol. The van der Waals surface area contributed by atoms with E-state index >= 15 is 0 Å². The number of hydrogen-bond donors (Lipinski definition) is 1. The van der Waals surface area contributed by atoms with Crippen molar-refractivity contribution in [2.24, 2.45) is 17.8 Å². The third kappa shape index (κ3) is 2.59. The highest BCUT2D eigenvalue weighted by Crippen LogP contribution is 2.46. The number of aliphatic hydroxyl groups excluding tert-OH is 1. The number of benzene rings is 1. The lowest BCUT2D eigenvalue weighted by Crippen LogP contribution is -2.52. The van der Waals surface area contributed by atoms with Crippen LogP contribution in [0, 0.1) is 17.8 Å². The van der Waals surface area contributed by atoms with E-state index in [4.69, 9.17) is 4.74 Å². The summed E-state index contributed by atoms with van der Waals surface area (Å²) >= 11 is 0. The van der Waals surface area contributed by atoms with Gasteiger partial charge in [0.05, 0.1) is 5.56 Å². The van der Waals surface area contributed by atoms with E-state index in [1.54, 1.807) is 24.3 Å². The van der Waals surface area contributed by atoms with Gasteiger partial charge in [0.25, 0.3) is 0 Å². The van der Waals surface area contributed by atoms with Gasteiger partial charge < -0.3 is 9.84 Å². The van der Waals surface area contributed by atoms with Crippen molar-refractivity contribution in [1.82, 2.24) is 0 Å². The summed E-state index contributed by atoms with van der Waals surface area (Å²) in [6, 6.07) is 8.69. The molecule has 1 aromatic carbocycles. The number of Topliss-reactive ketones (excluding diaryl/α,β-unsaturated/α-hetero) is 1. The van der Waals surface area contributed by atoms with Crippen molar-refractivity contribution in [2.45, 2.75) is 31.5 Å². The summed E-state index contributed by atoms with van der Waals surface area (Å²) in [5.41, 5.74) is 0.451. The van der Waals surface area contributed by atoms with Gasteiger partial charge in [-0.3, -0.25) is 4.79 Å². The summed E-state index contributed by atoms with van der Waals surface area (Å²) in [5.74, 6) is -0.629. The van der Waals surface area contributed by atoms with Gasteiger partial charge in [-0.1, -0.05) is 30.9 Å². The molecule has 0 amide bonds. The van der Waals surface area contributed by atoms with Crippen molar-refractivity contribution in [2.75, 3.05) is 0 Å². The first kappa shape index (κ1) is 15.0. The van der Waals surface area contributed by atoms with Crippen molar-refractivity contribution < 1.29 is 19.4 Å². The number of rotatable bonds is 4. The number of ketones is 1. The standard InChI is InChI=1S/C18H20O4/c1-2-15(22-18(21)11-6-4-3-5-7-11)14-10-12-8-9-13(12)16(19)17(14)20/h2-7,12-15,17,20H,1,8-10H2/t12-,13-,14+,15+,17+/m1/s1. The maximum absolute atomic E-state index is 12.2. The monoisotopic (exact) mass is 300 g/mol. The van der Waals surface area contributed by atoms with E-state index in [0.717, 1.165) is 12.8 Å². The zero-order valence-electron chi connectivity index (χ0n) is 12.4. The van der Waals surface area contributed by atoms with E-state index in [1.165, 1.54) is 6.08 Å². The van der Waals surface area contributed by atoms with Crippen LogP contribution >= 0.6 is 0 Å². The Bertz CT molecular complexity index is 580. The molecular weight excluding hydrogens is 280 g/mol. The summed E-state index contributed by atoms with van der Waals surface area (Å²) in [5, 5.41) is 10.3. The Hall–Kier alpha value is -1.94. The Balaban J connectivity index is 1.72. The minimum Gasteiger partial charge on any atom is -0.454 e. The van der Waals surface area contributed by atoms with Gasteiger partial charge in [-0.15, -0.1) is 0 Å². The molecule has 116 valence electrons. The largest absolute Gasteiger partial charge is 0.454 e. The van der Waals surface area contributed by atoms with Crippen molar-refractivity contribution in [3.63, 3.8) is 0 Å². The van der Waals surface area contributed by atoms with E-state index in [9.17, 15) is 14.7 Å². The number of esters is 1. The molecule has 5 atom stereocenters. The van der Waals surface area contributed by atoms with Gasteiger partial charge in [-0.2, -0.15) is 0 Å². The first-order chi connectivity index (χ1) is 10.6. The molecule has 0 saturated heterocycles. The van der Waals surface area contributed by atoms with Gasteiger partial charge in [0.1, 0.15) is 12.2 Å². The van der Waals surface area contributed by atoms with Crippen molar-refractivity contribution >= 4 is 11.8 Å². The van der Waals surface area contributed by atoms with Crippen LogP contribution in [-0.4, -0.2) is 29.1 Å². The molecule has 4 nitrogen and oxygen atoms in total. The molecule has 0 spiro atoms. The van der Waals surface area contributed by atoms with Crippen LogP contribution in [0.2, 0.25) is 0 Å². The van der Waals surface area contributed by atoms with Gasteiger partial charge in [0, 0.05) is 11.8 Å². The SMILES string of the molecule is C=C[C@H](OC(=O)c1ccccc1)[C@@H]1C[C@H]2CC[C@H]2C(=O)[C@H]1O. The van der Waals surface area contributed by atoms with E-state index in [0.29, 0.717) is 17.9 Å². The Labute approximate surface area is 129 Å². The second-order valence-corrected chi connectivity index (χ2v) is 6.16. The molecule has 0 bridgehead atoms. The number of fused-ring (bicyclic) bond motifs is 1. The minimum absolute atomic E-state index is 0.00143. The molecule has 22 heavy (non-hydrogen) atoms. The molecule has 0 radical (unpaired) electrons. The molecule has 0 heterocycles. The molecule has 3 rings (SSSR count). The summed E-state index contributed by atoms with van der Waals surface area (Å²) in [4.78, 5) is 24.3. The molecule has 2 fully saturated rings. The lowest BCUT2D eigenvalue weighted by molar-refractivity contribution is -0.151. The fraction of sp³-hybridized carbons (Fsp3) is 0.444. The van der Waals surface area contributed by atoms with Crippen LogP contribution in [0.1, 0.15) is 29.6 Å². The van der Waals surface area contributed by atoms with E-state index < -0.39 is 18.2 Å². The Morgan fingerprint density at radius 1 is 1.32 bits per heavy atom. The third-order valence-electron chi connectivity index (χ3n) is 4.96. The summed E-state index contributed by atoms with van der Waals surface area (Å²) in [6.07, 6.45) is 2.39. The smallest absolute Gasteiger partial charge is 0.338 e. The second-order valence-electron chi connectivity index (χ2n) is 6.16. The van der Waals surface area contributed by atoms with Crippen molar-refractivity contribution in [3.8, 4) is 0 Å². The highest BCUT2D eigenvalue weighted by molar-refractivity contribution is 5.90. The normalized spacial score (nSPS) is 31.6. The zero-order chi connectivity index (χ0) is 15.7. The first-order valence-electron chi connectivity index (χ1n) is 7.72. The Morgan fingerprint density at radius 3 is 2.64 bits per heavy atom. The first-order valence-corrected chi connectivity index (χ1v) is 7.72. The van der Waals surface area contributed by atoms with Crippen LogP contribution in [0.15, 0.2) is 43.0 Å². The predicted octanol–water partition coefficient (Wildman–Crippen LogP) is 2.37. The lowest BCUT2D eigenvalue weighted by atomic mass is 9.60. The second kappa shape index (κ2) is 6.05. The fourth-order valence-corrected chi connectivity index (χ4v) is 3.52. The number of carbonyl (C=O) groups excluding carboxylic acids is 2. The van der Waals surface area contributed by atoms with Crippen molar-refractivity contribution in [3.05, 3.63) is 48.6 Å². The van der Waals surface area contributed by atoms with Gasteiger partial charge in [0.2, 0.25) is 0 Å². The van der Waals surface area contributed by atoms with Gasteiger partial charge in [0.15, 0.2) is 5.78 Å². The van der Waals surface area contributed by atoms with Crippen LogP contribution in [0.3, 0.4) is 0 Å². The van der Waals surface area contributed by atoms with Crippen LogP contribution in [0.25, 0.3) is 0 Å². The zero-order valence-corrected chi connectivity index (χ0v) is 12.4. The van der Waals surface area contributed by atoms with E-state index in [-0.39, 0.29) is 17.6 Å². The maximum atomic E-state index is 12.2. The summed E-state index contributed by atoms with van der Waals surface area (Å²) in [7, 11) is 0. The van der Waals surface area contributed by atoms with Crippen LogP contribution < -0.4 is 0 Å². The van der Waals surface area contributed by atoms with E-state index in [2.05, 4.69) is 6.58 Å². The molecule has 0 unspecified atom stereocenters. The highest BCUT2D eigenvalue weighted by Gasteiger charge is 2.49. The lowest BCUT2D eigenvalue weighted by Gasteiger charge is -2.46. The Kier molecular flexibility index (Phi) is 4.12. The van der Waals surface area contributed by atoms with Gasteiger partial charge in [-0.05, 0) is 37.3 Å².